The Kier molecular flexibility index (Phi) is 4.80. The molecule has 27 heavy (non-hydrogen) atoms. The molecule has 0 bridgehead atoms. The molecule has 0 aliphatic heterocycles. The smallest absolute Gasteiger partial charge is 0.275 e. The molecule has 0 saturated heterocycles. The molecule has 4 rings (SSSR count). The van der Waals surface area contributed by atoms with Crippen LogP contribution < -0.4 is 10.9 Å². The lowest BCUT2D eigenvalue weighted by Gasteiger charge is -2.10. The van der Waals surface area contributed by atoms with Gasteiger partial charge in [0, 0.05) is 11.9 Å². The third-order valence-corrected chi connectivity index (χ3v) is 5.12. The minimum absolute atomic E-state index is 0.116. The monoisotopic (exact) mass is 375 g/mol. The first-order valence-electron chi connectivity index (χ1n) is 8.57. The zero-order valence-electron chi connectivity index (χ0n) is 14.5. The molecule has 0 spiro atoms. The minimum atomic E-state index is -0.263. The molecule has 0 radical (unpaired) electrons. The number of hydrogen-bond acceptors (Lipinski definition) is 4. The summed E-state index contributed by atoms with van der Waals surface area (Å²) < 4.78 is 1.25. The van der Waals surface area contributed by atoms with E-state index in [0.29, 0.717) is 11.9 Å². The fraction of sp³-hybridized carbons (Fsp3) is 0.0952. The van der Waals surface area contributed by atoms with Gasteiger partial charge in [0.15, 0.2) is 0 Å². The largest absolute Gasteiger partial charge is 0.350 e. The maximum atomic E-state index is 12.8. The SMILES string of the molecule is O=C(Cn1nc(-c2cccs2)c2ccccc2c1=O)NCc1ccccc1. The standard InChI is InChI=1S/C21H17N3O2S/c25-19(22-13-15-7-2-1-3-8-15)14-24-21(26)17-10-5-4-9-16(17)20(23-24)18-11-6-12-27-18/h1-12H,13-14H2,(H,22,25). The third-order valence-electron chi connectivity index (χ3n) is 4.25. The Bertz CT molecular complexity index is 1140. The zero-order valence-corrected chi connectivity index (χ0v) is 15.3. The Morgan fingerprint density at radius 3 is 2.44 bits per heavy atom. The van der Waals surface area contributed by atoms with Crippen LogP contribution in [0, 0.1) is 0 Å². The van der Waals surface area contributed by atoms with Crippen LogP contribution in [0.5, 0.6) is 0 Å². The average Bonchev–Trinajstić information content (AvgIpc) is 3.24. The third kappa shape index (κ3) is 3.66. The van der Waals surface area contributed by atoms with E-state index < -0.39 is 0 Å². The van der Waals surface area contributed by atoms with Crippen molar-refractivity contribution in [3.63, 3.8) is 0 Å². The number of carbonyl (C=O) groups is 1. The zero-order chi connectivity index (χ0) is 18.6. The van der Waals surface area contributed by atoms with Crippen LogP contribution >= 0.6 is 11.3 Å². The molecule has 2 aromatic heterocycles. The first-order valence-corrected chi connectivity index (χ1v) is 9.45. The van der Waals surface area contributed by atoms with E-state index in [-0.39, 0.29) is 18.0 Å². The van der Waals surface area contributed by atoms with Gasteiger partial charge < -0.3 is 5.32 Å². The fourth-order valence-electron chi connectivity index (χ4n) is 2.93. The van der Waals surface area contributed by atoms with Gasteiger partial charge >= 0.3 is 0 Å². The summed E-state index contributed by atoms with van der Waals surface area (Å²) in [5.41, 5.74) is 1.46. The number of fused-ring (bicyclic) bond motifs is 1. The highest BCUT2D eigenvalue weighted by molar-refractivity contribution is 7.13. The van der Waals surface area contributed by atoms with Crippen molar-refractivity contribution in [2.45, 2.75) is 13.1 Å². The molecule has 5 nitrogen and oxygen atoms in total. The van der Waals surface area contributed by atoms with Gasteiger partial charge in [-0.1, -0.05) is 54.6 Å². The van der Waals surface area contributed by atoms with E-state index in [9.17, 15) is 9.59 Å². The summed E-state index contributed by atoms with van der Waals surface area (Å²) in [7, 11) is 0. The number of benzene rings is 2. The molecule has 2 heterocycles. The first-order chi connectivity index (χ1) is 13.2. The topological polar surface area (TPSA) is 64.0 Å². The quantitative estimate of drug-likeness (QED) is 0.581. The highest BCUT2D eigenvalue weighted by Gasteiger charge is 2.14. The number of nitrogens with one attached hydrogen (secondary N) is 1. The lowest BCUT2D eigenvalue weighted by molar-refractivity contribution is -0.122. The van der Waals surface area contributed by atoms with Crippen LogP contribution in [0.15, 0.2) is 76.9 Å². The number of hydrogen-bond donors (Lipinski definition) is 1. The van der Waals surface area contributed by atoms with Crippen LogP contribution in [0.3, 0.4) is 0 Å². The number of rotatable bonds is 5. The van der Waals surface area contributed by atoms with Gasteiger partial charge in [-0.25, -0.2) is 4.68 Å². The lowest BCUT2D eigenvalue weighted by atomic mass is 10.1. The van der Waals surface area contributed by atoms with Crippen molar-refractivity contribution in [3.05, 3.63) is 88.0 Å². The summed E-state index contributed by atoms with van der Waals surface area (Å²) >= 11 is 1.55. The highest BCUT2D eigenvalue weighted by atomic mass is 32.1. The molecular weight excluding hydrogens is 358 g/mol. The van der Waals surface area contributed by atoms with Gasteiger partial charge in [-0.05, 0) is 23.1 Å². The fourth-order valence-corrected chi connectivity index (χ4v) is 3.65. The molecule has 0 aliphatic carbocycles. The Morgan fingerprint density at radius 2 is 1.70 bits per heavy atom. The van der Waals surface area contributed by atoms with Gasteiger partial charge in [0.1, 0.15) is 12.2 Å². The molecule has 134 valence electrons. The normalized spacial score (nSPS) is 10.8. The van der Waals surface area contributed by atoms with Gasteiger partial charge in [-0.15, -0.1) is 11.3 Å². The molecule has 6 heteroatoms. The molecule has 0 aliphatic rings. The summed E-state index contributed by atoms with van der Waals surface area (Å²) in [5, 5.41) is 10.7. The summed E-state index contributed by atoms with van der Waals surface area (Å²) in [6.07, 6.45) is 0. The Labute approximate surface area is 159 Å². The van der Waals surface area contributed by atoms with Crippen LogP contribution in [-0.4, -0.2) is 15.7 Å². The predicted molar refractivity (Wildman–Crippen MR) is 108 cm³/mol. The van der Waals surface area contributed by atoms with E-state index in [1.807, 2.05) is 66.0 Å². The highest BCUT2D eigenvalue weighted by Crippen LogP contribution is 2.28. The maximum absolute atomic E-state index is 12.8. The van der Waals surface area contributed by atoms with Crippen molar-refractivity contribution in [1.82, 2.24) is 15.1 Å². The summed E-state index contributed by atoms with van der Waals surface area (Å²) in [6, 6.07) is 20.9. The summed E-state index contributed by atoms with van der Waals surface area (Å²) in [6.45, 7) is 0.300. The molecule has 4 aromatic rings. The molecule has 0 atom stereocenters. The van der Waals surface area contributed by atoms with Crippen molar-refractivity contribution in [2.75, 3.05) is 0 Å². The number of carbonyl (C=O) groups excluding carboxylic acids is 1. The van der Waals surface area contributed by atoms with E-state index in [0.717, 1.165) is 21.5 Å². The van der Waals surface area contributed by atoms with E-state index in [4.69, 9.17) is 0 Å². The number of nitrogens with zero attached hydrogens (tertiary/aromatic N) is 2. The number of amides is 1. The van der Waals surface area contributed by atoms with E-state index in [2.05, 4.69) is 10.4 Å². The molecule has 1 N–H and O–H groups in total. The number of thiophene rings is 1. The molecule has 0 saturated carbocycles. The molecule has 0 unspecified atom stereocenters. The first kappa shape index (κ1) is 17.2. The molecule has 1 amide bonds. The maximum Gasteiger partial charge on any atom is 0.275 e. The molecule has 2 aromatic carbocycles. The second-order valence-corrected chi connectivity index (χ2v) is 7.04. The second kappa shape index (κ2) is 7.55. The van der Waals surface area contributed by atoms with Crippen LogP contribution in [0.1, 0.15) is 5.56 Å². The Balaban J connectivity index is 1.64. The molecule has 0 fully saturated rings. The van der Waals surface area contributed by atoms with E-state index in [1.54, 1.807) is 17.4 Å². The van der Waals surface area contributed by atoms with Gasteiger partial charge in [0.05, 0.1) is 10.3 Å². The van der Waals surface area contributed by atoms with Gasteiger partial charge in [0.2, 0.25) is 5.91 Å². The lowest BCUT2D eigenvalue weighted by Crippen LogP contribution is -2.33. The number of aromatic nitrogens is 2. The summed E-state index contributed by atoms with van der Waals surface area (Å²) in [4.78, 5) is 26.1. The van der Waals surface area contributed by atoms with Crippen molar-refractivity contribution < 1.29 is 4.79 Å². The van der Waals surface area contributed by atoms with Crippen molar-refractivity contribution >= 4 is 28.0 Å². The van der Waals surface area contributed by atoms with Gasteiger partial charge in [-0.2, -0.15) is 5.10 Å². The van der Waals surface area contributed by atoms with Crippen molar-refractivity contribution in [1.29, 1.82) is 0 Å². The average molecular weight is 375 g/mol. The van der Waals surface area contributed by atoms with Crippen LogP contribution in [-0.2, 0) is 17.9 Å². The van der Waals surface area contributed by atoms with Crippen molar-refractivity contribution in [3.8, 4) is 10.6 Å². The van der Waals surface area contributed by atoms with Crippen LogP contribution in [0.25, 0.3) is 21.3 Å². The van der Waals surface area contributed by atoms with Gasteiger partial charge in [-0.3, -0.25) is 9.59 Å². The molecular formula is C21H17N3O2S. The van der Waals surface area contributed by atoms with E-state index in [1.165, 1.54) is 4.68 Å². The van der Waals surface area contributed by atoms with E-state index >= 15 is 0 Å². The second-order valence-electron chi connectivity index (χ2n) is 6.10. The Hall–Kier alpha value is -3.25. The minimum Gasteiger partial charge on any atom is -0.350 e. The predicted octanol–water partition coefficient (Wildman–Crippen LogP) is 3.44. The van der Waals surface area contributed by atoms with Crippen LogP contribution in [0.4, 0.5) is 0 Å². The Morgan fingerprint density at radius 1 is 0.963 bits per heavy atom. The summed E-state index contributed by atoms with van der Waals surface area (Å²) in [5.74, 6) is -0.249. The van der Waals surface area contributed by atoms with Gasteiger partial charge in [0.25, 0.3) is 5.56 Å². The van der Waals surface area contributed by atoms with Crippen molar-refractivity contribution in [2.24, 2.45) is 0 Å². The van der Waals surface area contributed by atoms with Crippen LogP contribution in [0.2, 0.25) is 0 Å².